The van der Waals surface area contributed by atoms with Gasteiger partial charge in [-0.1, -0.05) is 18.2 Å². The largest absolute Gasteiger partial charge is 0.459 e. The number of para-hydroxylation sites is 1. The van der Waals surface area contributed by atoms with Gasteiger partial charge < -0.3 is 15.4 Å². The number of aromatic nitrogens is 1. The first kappa shape index (κ1) is 24.0. The number of rotatable bonds is 9. The summed E-state index contributed by atoms with van der Waals surface area (Å²) in [5.41, 5.74) is 2.22. The normalized spacial score (nSPS) is 26.4. The Kier molecular flexibility index (Phi) is 6.91. The van der Waals surface area contributed by atoms with Crippen LogP contribution in [0, 0.1) is 30.1 Å². The van der Waals surface area contributed by atoms with E-state index in [9.17, 15) is 14.4 Å². The van der Waals surface area contributed by atoms with Crippen LogP contribution in [0.15, 0.2) is 29.6 Å². The summed E-state index contributed by atoms with van der Waals surface area (Å²) in [6.07, 6.45) is 7.27. The van der Waals surface area contributed by atoms with E-state index >= 15 is 0 Å². The number of ether oxygens (including phenoxy) is 1. The molecule has 0 atom stereocenters. The molecule has 1 aromatic heterocycles. The van der Waals surface area contributed by atoms with Crippen molar-refractivity contribution in [3.8, 4) is 0 Å². The van der Waals surface area contributed by atoms with Gasteiger partial charge in [0, 0.05) is 23.0 Å². The summed E-state index contributed by atoms with van der Waals surface area (Å²) >= 11 is 1.37. The Balaban J connectivity index is 1.02. The zero-order chi connectivity index (χ0) is 24.4. The molecule has 2 N–H and O–H groups in total. The Bertz CT molecular complexity index is 1080. The van der Waals surface area contributed by atoms with Crippen LogP contribution in [0.1, 0.15) is 61.2 Å². The van der Waals surface area contributed by atoms with Crippen LogP contribution in [-0.2, 0) is 32.1 Å². The minimum Gasteiger partial charge on any atom is -0.459 e. The number of hydrogen-bond donors (Lipinski definition) is 2. The van der Waals surface area contributed by atoms with Crippen molar-refractivity contribution in [2.24, 2.45) is 23.2 Å². The first-order valence-corrected chi connectivity index (χ1v) is 13.5. The second-order valence-corrected chi connectivity index (χ2v) is 11.6. The molecule has 0 unspecified atom stereocenters. The fourth-order valence-electron chi connectivity index (χ4n) is 6.62. The van der Waals surface area contributed by atoms with Crippen molar-refractivity contribution < 1.29 is 19.1 Å². The van der Waals surface area contributed by atoms with E-state index in [1.807, 2.05) is 31.2 Å². The first-order valence-electron chi connectivity index (χ1n) is 12.6. The lowest BCUT2D eigenvalue weighted by Gasteiger charge is -2.55. The Morgan fingerprint density at radius 2 is 1.77 bits per heavy atom. The van der Waals surface area contributed by atoms with Crippen LogP contribution < -0.4 is 10.6 Å². The van der Waals surface area contributed by atoms with E-state index in [4.69, 9.17) is 4.74 Å². The summed E-state index contributed by atoms with van der Waals surface area (Å²) in [4.78, 5) is 41.9. The van der Waals surface area contributed by atoms with Gasteiger partial charge in [0.1, 0.15) is 11.6 Å². The van der Waals surface area contributed by atoms with E-state index in [1.54, 1.807) is 5.38 Å². The molecule has 0 radical (unpaired) electrons. The molecule has 8 heteroatoms. The molecule has 35 heavy (non-hydrogen) atoms. The van der Waals surface area contributed by atoms with Crippen LogP contribution in [0.5, 0.6) is 0 Å². The third-order valence-electron chi connectivity index (χ3n) is 7.85. The number of nitrogens with one attached hydrogen (secondary N) is 2. The number of anilines is 1. The predicted octanol–water partition coefficient (Wildman–Crippen LogP) is 4.40. The fraction of sp³-hybridized carbons (Fsp3) is 0.556. The lowest BCUT2D eigenvalue weighted by atomic mass is 9.49. The highest BCUT2D eigenvalue weighted by Gasteiger charge is 2.54. The van der Waals surface area contributed by atoms with E-state index < -0.39 is 0 Å². The van der Waals surface area contributed by atoms with Gasteiger partial charge in [0.2, 0.25) is 11.8 Å². The molecular weight excluding hydrogens is 462 g/mol. The van der Waals surface area contributed by atoms with E-state index in [0.29, 0.717) is 35.0 Å². The molecule has 1 heterocycles. The maximum Gasteiger partial charge on any atom is 0.307 e. The second kappa shape index (κ2) is 10.1. The molecule has 2 amide bonds. The van der Waals surface area contributed by atoms with Crippen molar-refractivity contribution in [2.45, 2.75) is 64.9 Å². The average molecular weight is 496 g/mol. The molecule has 0 saturated heterocycles. The Hall–Kier alpha value is -2.74. The van der Waals surface area contributed by atoms with Gasteiger partial charge >= 0.3 is 5.97 Å². The van der Waals surface area contributed by atoms with Gasteiger partial charge in [-0.3, -0.25) is 14.4 Å². The maximum atomic E-state index is 13.0. The summed E-state index contributed by atoms with van der Waals surface area (Å²) in [6, 6.07) is 7.62. The highest BCUT2D eigenvalue weighted by Crippen LogP contribution is 2.60. The molecule has 0 aliphatic heterocycles. The molecule has 186 valence electrons. The van der Waals surface area contributed by atoms with Crippen LogP contribution in [0.2, 0.25) is 0 Å². The average Bonchev–Trinajstić information content (AvgIpc) is 3.25. The third kappa shape index (κ3) is 5.58. The van der Waals surface area contributed by atoms with Crippen molar-refractivity contribution in [2.75, 3.05) is 11.9 Å². The van der Waals surface area contributed by atoms with Crippen LogP contribution in [0.4, 0.5) is 5.69 Å². The number of esters is 1. The number of nitrogens with zero attached hydrogens (tertiary/aromatic N) is 1. The van der Waals surface area contributed by atoms with E-state index in [2.05, 4.69) is 15.6 Å². The molecule has 4 aliphatic rings. The van der Waals surface area contributed by atoms with Crippen molar-refractivity contribution >= 4 is 34.8 Å². The van der Waals surface area contributed by atoms with Crippen LogP contribution >= 0.6 is 11.3 Å². The maximum absolute atomic E-state index is 13.0. The van der Waals surface area contributed by atoms with Crippen molar-refractivity contribution in [3.05, 3.63) is 45.9 Å². The number of aryl methyl sites for hydroxylation is 1. The lowest BCUT2D eigenvalue weighted by Crippen LogP contribution is -2.53. The topological polar surface area (TPSA) is 97.4 Å². The molecular formula is C27H33N3O4S. The molecule has 4 bridgehead atoms. The van der Waals surface area contributed by atoms with Crippen LogP contribution in [0.25, 0.3) is 0 Å². The zero-order valence-electron chi connectivity index (χ0n) is 20.2. The lowest BCUT2D eigenvalue weighted by molar-refractivity contribution is -0.147. The summed E-state index contributed by atoms with van der Waals surface area (Å²) < 4.78 is 5.34. The fourth-order valence-corrected chi connectivity index (χ4v) is 7.40. The molecule has 1 aromatic carbocycles. The quantitative estimate of drug-likeness (QED) is 0.503. The van der Waals surface area contributed by atoms with Crippen molar-refractivity contribution in [3.63, 3.8) is 0 Å². The summed E-state index contributed by atoms with van der Waals surface area (Å²) in [5.74, 6) is 1.79. The van der Waals surface area contributed by atoms with Gasteiger partial charge in [0.05, 0.1) is 18.5 Å². The van der Waals surface area contributed by atoms with Gasteiger partial charge in [-0.2, -0.15) is 0 Å². The summed E-state index contributed by atoms with van der Waals surface area (Å²) in [5, 5.41) is 8.40. The highest BCUT2D eigenvalue weighted by atomic mass is 32.1. The van der Waals surface area contributed by atoms with Crippen LogP contribution in [-0.4, -0.2) is 29.3 Å². The SMILES string of the molecule is Cc1ccccc1NC(=O)Cc1nc(COC(=O)CCNC(=O)C23CC4CC(CC(C4)C2)C3)cs1. The molecule has 2 aromatic rings. The van der Waals surface area contributed by atoms with Gasteiger partial charge in [0.15, 0.2) is 0 Å². The summed E-state index contributed by atoms with van der Waals surface area (Å²) in [7, 11) is 0. The van der Waals surface area contributed by atoms with Gasteiger partial charge in [0.25, 0.3) is 0 Å². The molecule has 6 rings (SSSR count). The Morgan fingerprint density at radius 1 is 1.09 bits per heavy atom. The molecule has 0 spiro atoms. The number of hydrogen-bond acceptors (Lipinski definition) is 6. The van der Waals surface area contributed by atoms with Crippen molar-refractivity contribution in [1.29, 1.82) is 0 Å². The highest BCUT2D eigenvalue weighted by molar-refractivity contribution is 7.09. The smallest absolute Gasteiger partial charge is 0.307 e. The van der Waals surface area contributed by atoms with E-state index in [-0.39, 0.29) is 42.6 Å². The molecule has 4 aliphatic carbocycles. The van der Waals surface area contributed by atoms with E-state index in [0.717, 1.165) is 30.5 Å². The number of carbonyl (C=O) groups is 3. The Labute approximate surface area is 210 Å². The monoisotopic (exact) mass is 495 g/mol. The first-order chi connectivity index (χ1) is 16.9. The number of carbonyl (C=O) groups excluding carboxylic acids is 3. The Morgan fingerprint density at radius 3 is 2.46 bits per heavy atom. The molecule has 4 fully saturated rings. The molecule has 7 nitrogen and oxygen atoms in total. The summed E-state index contributed by atoms with van der Waals surface area (Å²) in [6.45, 7) is 2.32. The number of thiazole rings is 1. The minimum absolute atomic E-state index is 0.0671. The van der Waals surface area contributed by atoms with Gasteiger partial charge in [-0.15, -0.1) is 11.3 Å². The van der Waals surface area contributed by atoms with Gasteiger partial charge in [-0.05, 0) is 74.8 Å². The number of benzene rings is 1. The van der Waals surface area contributed by atoms with Crippen molar-refractivity contribution in [1.82, 2.24) is 10.3 Å². The van der Waals surface area contributed by atoms with Gasteiger partial charge in [-0.25, -0.2) is 4.98 Å². The number of amides is 2. The predicted molar refractivity (Wildman–Crippen MR) is 134 cm³/mol. The second-order valence-electron chi connectivity index (χ2n) is 10.6. The van der Waals surface area contributed by atoms with E-state index in [1.165, 1.54) is 30.6 Å². The third-order valence-corrected chi connectivity index (χ3v) is 8.74. The van der Waals surface area contributed by atoms with Crippen LogP contribution in [0.3, 0.4) is 0 Å². The zero-order valence-corrected chi connectivity index (χ0v) is 21.0. The standard InChI is InChI=1S/C27H33N3O4S/c1-17-4-2-3-5-22(17)30-23(31)11-24-29-21(16-35-24)15-34-25(32)6-7-28-26(33)27-12-18-8-19(13-27)10-20(9-18)14-27/h2-5,16,18-20H,6-15H2,1H3,(H,28,33)(H,30,31). The molecule has 4 saturated carbocycles. The minimum atomic E-state index is -0.359.